The first-order chi connectivity index (χ1) is 8.86. The third-order valence-corrected chi connectivity index (χ3v) is 3.49. The molecule has 19 heavy (non-hydrogen) atoms. The minimum atomic E-state index is -0.577. The molecule has 1 aromatic carbocycles. The van der Waals surface area contributed by atoms with Gasteiger partial charge in [0.1, 0.15) is 5.92 Å². The van der Waals surface area contributed by atoms with E-state index < -0.39 is 5.92 Å². The lowest BCUT2D eigenvalue weighted by Gasteiger charge is -2.15. The topological polar surface area (TPSA) is 52.9 Å². The van der Waals surface area contributed by atoms with Crippen molar-refractivity contribution in [1.82, 2.24) is 5.32 Å². The van der Waals surface area contributed by atoms with Crippen LogP contribution in [0.15, 0.2) is 12.1 Å². The third kappa shape index (κ3) is 3.82. The zero-order valence-corrected chi connectivity index (χ0v) is 12.4. The van der Waals surface area contributed by atoms with Gasteiger partial charge in [0.15, 0.2) is 0 Å². The molecule has 1 aromatic rings. The van der Waals surface area contributed by atoms with Gasteiger partial charge >= 0.3 is 0 Å². The van der Waals surface area contributed by atoms with E-state index in [-0.39, 0.29) is 11.8 Å². The molecule has 3 nitrogen and oxygen atoms in total. The molecule has 0 aliphatic heterocycles. The molecule has 3 heteroatoms. The molecule has 1 unspecified atom stereocenters. The van der Waals surface area contributed by atoms with Crippen LogP contribution < -0.4 is 5.32 Å². The van der Waals surface area contributed by atoms with Crippen LogP contribution in [0.5, 0.6) is 0 Å². The Morgan fingerprint density at radius 1 is 1.21 bits per heavy atom. The lowest BCUT2D eigenvalue weighted by Crippen LogP contribution is -2.32. The summed E-state index contributed by atoms with van der Waals surface area (Å²) < 4.78 is 0. The van der Waals surface area contributed by atoms with Crippen molar-refractivity contribution in [1.29, 1.82) is 5.26 Å². The molecular weight excluding hydrogens is 236 g/mol. The quantitative estimate of drug-likeness (QED) is 0.902. The second kappa shape index (κ2) is 6.38. The number of rotatable bonds is 4. The van der Waals surface area contributed by atoms with Gasteiger partial charge in [0.05, 0.1) is 6.07 Å². The fourth-order valence-corrected chi connectivity index (χ4v) is 2.01. The van der Waals surface area contributed by atoms with Gasteiger partial charge in [-0.2, -0.15) is 5.26 Å². The summed E-state index contributed by atoms with van der Waals surface area (Å²) >= 11 is 0. The predicted octanol–water partition coefficient (Wildman–Crippen LogP) is 3.02. The summed E-state index contributed by atoms with van der Waals surface area (Å²) in [6.45, 7) is 10.4. The van der Waals surface area contributed by atoms with Gasteiger partial charge in [0.2, 0.25) is 5.91 Å². The van der Waals surface area contributed by atoms with Crippen LogP contribution in [-0.4, -0.2) is 5.91 Å². The van der Waals surface area contributed by atoms with Gasteiger partial charge in [-0.15, -0.1) is 0 Å². The normalized spacial score (nSPS) is 12.1. The summed E-state index contributed by atoms with van der Waals surface area (Å²) in [5, 5.41) is 11.8. The minimum absolute atomic E-state index is 0.0332. The number of nitrogens with one attached hydrogen (secondary N) is 1. The van der Waals surface area contributed by atoms with Gasteiger partial charge in [-0.1, -0.05) is 26.0 Å². The maximum absolute atomic E-state index is 11.9. The third-order valence-electron chi connectivity index (χ3n) is 3.49. The molecule has 0 heterocycles. The van der Waals surface area contributed by atoms with Gasteiger partial charge in [-0.05, 0) is 48.9 Å². The minimum Gasteiger partial charge on any atom is -0.351 e. The fraction of sp³-hybridized carbons (Fsp3) is 0.500. The molecule has 0 fully saturated rings. The van der Waals surface area contributed by atoms with Gasteiger partial charge < -0.3 is 5.32 Å². The second-order valence-electron chi connectivity index (χ2n) is 5.43. The van der Waals surface area contributed by atoms with Crippen molar-refractivity contribution in [3.63, 3.8) is 0 Å². The Balaban J connectivity index is 2.75. The summed E-state index contributed by atoms with van der Waals surface area (Å²) in [6.07, 6.45) is 0. The fourth-order valence-electron chi connectivity index (χ4n) is 2.01. The van der Waals surface area contributed by atoms with E-state index in [4.69, 9.17) is 5.26 Å². The lowest BCUT2D eigenvalue weighted by molar-refractivity contribution is -0.124. The van der Waals surface area contributed by atoms with E-state index in [1.807, 2.05) is 20.8 Å². The highest BCUT2D eigenvalue weighted by Gasteiger charge is 2.21. The monoisotopic (exact) mass is 258 g/mol. The first kappa shape index (κ1) is 15.2. The van der Waals surface area contributed by atoms with Crippen LogP contribution in [0.3, 0.4) is 0 Å². The van der Waals surface area contributed by atoms with E-state index in [0.717, 1.165) is 5.56 Å². The van der Waals surface area contributed by atoms with E-state index in [2.05, 4.69) is 37.4 Å². The SMILES string of the molecule is Cc1cc(C)c(CNC(=O)C(C#N)C(C)C)cc1C. The van der Waals surface area contributed by atoms with Crippen molar-refractivity contribution >= 4 is 5.91 Å². The average molecular weight is 258 g/mol. The zero-order chi connectivity index (χ0) is 14.6. The molecule has 0 aliphatic carbocycles. The number of carbonyl (C=O) groups is 1. The van der Waals surface area contributed by atoms with E-state index in [1.54, 1.807) is 0 Å². The summed E-state index contributed by atoms with van der Waals surface area (Å²) in [4.78, 5) is 11.9. The number of hydrogen-bond acceptors (Lipinski definition) is 2. The van der Waals surface area contributed by atoms with Crippen LogP contribution >= 0.6 is 0 Å². The molecule has 1 amide bonds. The van der Waals surface area contributed by atoms with Crippen molar-refractivity contribution in [2.24, 2.45) is 11.8 Å². The number of aryl methyl sites for hydroxylation is 3. The highest BCUT2D eigenvalue weighted by atomic mass is 16.1. The molecule has 0 aliphatic rings. The summed E-state index contributed by atoms with van der Waals surface area (Å²) in [6, 6.07) is 6.29. The van der Waals surface area contributed by atoms with Crippen LogP contribution in [0.1, 0.15) is 36.1 Å². The molecule has 1 N–H and O–H groups in total. The number of carbonyl (C=O) groups excluding carboxylic acids is 1. The van der Waals surface area contributed by atoms with Crippen LogP contribution in [0.2, 0.25) is 0 Å². The Morgan fingerprint density at radius 2 is 1.79 bits per heavy atom. The Hall–Kier alpha value is -1.82. The van der Waals surface area contributed by atoms with Gasteiger partial charge in [-0.25, -0.2) is 0 Å². The first-order valence-electron chi connectivity index (χ1n) is 6.60. The van der Waals surface area contributed by atoms with Crippen molar-refractivity contribution < 1.29 is 4.79 Å². The van der Waals surface area contributed by atoms with E-state index in [0.29, 0.717) is 6.54 Å². The highest BCUT2D eigenvalue weighted by Crippen LogP contribution is 2.16. The maximum atomic E-state index is 11.9. The molecule has 0 saturated carbocycles. The Bertz CT molecular complexity index is 512. The Kier molecular flexibility index (Phi) is 5.11. The molecular formula is C16H22N2O. The Morgan fingerprint density at radius 3 is 2.32 bits per heavy atom. The number of hydrogen-bond donors (Lipinski definition) is 1. The standard InChI is InChI=1S/C16H22N2O/c1-10(2)15(8-17)16(19)18-9-14-7-12(4)11(3)6-13(14)5/h6-7,10,15H,9H2,1-5H3,(H,18,19). The molecule has 0 aromatic heterocycles. The van der Waals surface area contributed by atoms with Crippen molar-refractivity contribution in [2.45, 2.75) is 41.2 Å². The van der Waals surface area contributed by atoms with Crippen molar-refractivity contribution in [3.8, 4) is 6.07 Å². The second-order valence-corrected chi connectivity index (χ2v) is 5.43. The number of benzene rings is 1. The van der Waals surface area contributed by atoms with Gasteiger partial charge in [0.25, 0.3) is 0 Å². The van der Waals surface area contributed by atoms with E-state index in [9.17, 15) is 4.79 Å². The number of nitriles is 1. The smallest absolute Gasteiger partial charge is 0.237 e. The highest BCUT2D eigenvalue weighted by molar-refractivity contribution is 5.81. The van der Waals surface area contributed by atoms with Crippen LogP contribution in [-0.2, 0) is 11.3 Å². The molecule has 1 atom stereocenters. The van der Waals surface area contributed by atoms with E-state index >= 15 is 0 Å². The van der Waals surface area contributed by atoms with Crippen LogP contribution in [0, 0.1) is 43.9 Å². The van der Waals surface area contributed by atoms with Crippen LogP contribution in [0.4, 0.5) is 0 Å². The maximum Gasteiger partial charge on any atom is 0.237 e. The zero-order valence-electron chi connectivity index (χ0n) is 12.4. The van der Waals surface area contributed by atoms with Crippen LogP contribution in [0.25, 0.3) is 0 Å². The number of nitrogens with zero attached hydrogens (tertiary/aromatic N) is 1. The lowest BCUT2D eigenvalue weighted by atomic mass is 9.96. The Labute approximate surface area is 115 Å². The van der Waals surface area contributed by atoms with Crippen molar-refractivity contribution in [2.75, 3.05) is 0 Å². The summed E-state index contributed by atoms with van der Waals surface area (Å²) in [5.74, 6) is -0.729. The predicted molar refractivity (Wildman–Crippen MR) is 76.4 cm³/mol. The van der Waals surface area contributed by atoms with Gasteiger partial charge in [-0.3, -0.25) is 4.79 Å². The van der Waals surface area contributed by atoms with E-state index in [1.165, 1.54) is 16.7 Å². The first-order valence-corrected chi connectivity index (χ1v) is 6.60. The van der Waals surface area contributed by atoms with Crippen molar-refractivity contribution in [3.05, 3.63) is 34.4 Å². The molecule has 0 spiro atoms. The molecule has 0 bridgehead atoms. The summed E-state index contributed by atoms with van der Waals surface area (Å²) in [7, 11) is 0. The molecule has 1 rings (SSSR count). The molecule has 102 valence electrons. The average Bonchev–Trinajstić information content (AvgIpc) is 2.32. The largest absolute Gasteiger partial charge is 0.351 e. The van der Waals surface area contributed by atoms with Gasteiger partial charge in [0, 0.05) is 6.54 Å². The molecule has 0 saturated heterocycles. The molecule has 0 radical (unpaired) electrons. The summed E-state index contributed by atoms with van der Waals surface area (Å²) in [5.41, 5.74) is 4.75. The number of amides is 1.